The second-order valence-electron chi connectivity index (χ2n) is 10.0. The Morgan fingerprint density at radius 1 is 0.622 bits per heavy atom. The molecule has 0 spiro atoms. The molecule has 6 rings (SSSR count). The van der Waals surface area contributed by atoms with Gasteiger partial charge >= 0.3 is 11.9 Å². The third kappa shape index (κ3) is 4.28. The Morgan fingerprint density at radius 3 is 1.49 bits per heavy atom. The van der Waals surface area contributed by atoms with E-state index in [2.05, 4.69) is 0 Å². The molecule has 2 aliphatic rings. The van der Waals surface area contributed by atoms with E-state index in [1.54, 1.807) is 36.4 Å². The number of hydrogen-bond donors (Lipinski definition) is 2. The van der Waals surface area contributed by atoms with Crippen molar-refractivity contribution in [1.82, 2.24) is 9.97 Å². The van der Waals surface area contributed by atoms with Crippen LogP contribution in [0.2, 0.25) is 0 Å². The summed E-state index contributed by atoms with van der Waals surface area (Å²) in [7, 11) is 0. The highest BCUT2D eigenvalue weighted by molar-refractivity contribution is 6.05. The summed E-state index contributed by atoms with van der Waals surface area (Å²) in [6.45, 7) is 0. The highest BCUT2D eigenvalue weighted by atomic mass is 16.5. The second-order valence-corrected chi connectivity index (χ2v) is 10.0. The Morgan fingerprint density at radius 2 is 1.05 bits per heavy atom. The molecular weight excluding hydrogens is 468 g/mol. The predicted octanol–water partition coefficient (Wildman–Crippen LogP) is 6.51. The number of ether oxygens (including phenoxy) is 1. The van der Waals surface area contributed by atoms with E-state index in [0.29, 0.717) is 57.3 Å². The zero-order chi connectivity index (χ0) is 25.5. The molecule has 0 saturated heterocycles. The molecule has 0 fully saturated rings. The fourth-order valence-corrected chi connectivity index (χ4v) is 5.91. The molecule has 0 amide bonds. The standard InChI is InChI=1S/C30H28N2O5/c33-29(34)27-19-7-3-1-5-9-23(19)31-25-13-11-17(15-21(25)27)37-18-12-14-26-22(16-18)28(30(35)36)20-8-4-2-6-10-24(20)32-26/h11-16H,1-10H2,(H,33,34)(H,35,36). The lowest BCUT2D eigenvalue weighted by Gasteiger charge is -2.15. The number of pyridine rings is 2. The molecule has 0 aliphatic heterocycles. The van der Waals surface area contributed by atoms with Crippen molar-refractivity contribution in [2.75, 3.05) is 0 Å². The van der Waals surface area contributed by atoms with Gasteiger partial charge in [0.15, 0.2) is 0 Å². The van der Waals surface area contributed by atoms with Crippen molar-refractivity contribution in [3.63, 3.8) is 0 Å². The van der Waals surface area contributed by atoms with Gasteiger partial charge in [0.1, 0.15) is 11.5 Å². The van der Waals surface area contributed by atoms with Gasteiger partial charge in [0.05, 0.1) is 22.2 Å². The minimum Gasteiger partial charge on any atom is -0.478 e. The fourth-order valence-electron chi connectivity index (χ4n) is 5.91. The molecule has 7 heteroatoms. The van der Waals surface area contributed by atoms with Crippen molar-refractivity contribution in [2.45, 2.75) is 64.2 Å². The Bertz CT molecular complexity index is 1460. The van der Waals surface area contributed by atoms with Gasteiger partial charge in [0.25, 0.3) is 0 Å². The number of aromatic carboxylic acids is 2. The van der Waals surface area contributed by atoms with Gasteiger partial charge in [-0.05, 0) is 98.9 Å². The lowest BCUT2D eigenvalue weighted by molar-refractivity contribution is 0.0686. The summed E-state index contributed by atoms with van der Waals surface area (Å²) in [5.74, 6) is -0.953. The molecule has 2 aromatic carbocycles. The lowest BCUT2D eigenvalue weighted by atomic mass is 9.97. The van der Waals surface area contributed by atoms with Crippen LogP contribution in [0.1, 0.15) is 81.8 Å². The number of hydrogen-bond acceptors (Lipinski definition) is 5. The number of nitrogens with zero attached hydrogens (tertiary/aromatic N) is 2. The zero-order valence-electron chi connectivity index (χ0n) is 20.5. The Balaban J connectivity index is 1.44. The van der Waals surface area contributed by atoms with Gasteiger partial charge in [-0.3, -0.25) is 9.97 Å². The van der Waals surface area contributed by atoms with Crippen LogP contribution in [0.3, 0.4) is 0 Å². The van der Waals surface area contributed by atoms with E-state index in [0.717, 1.165) is 73.9 Å². The van der Waals surface area contributed by atoms with E-state index in [9.17, 15) is 19.8 Å². The van der Waals surface area contributed by atoms with Crippen LogP contribution in [0.25, 0.3) is 21.8 Å². The first-order valence-corrected chi connectivity index (χ1v) is 13.0. The van der Waals surface area contributed by atoms with Crippen LogP contribution in [0, 0.1) is 0 Å². The van der Waals surface area contributed by atoms with Gasteiger partial charge in [-0.1, -0.05) is 12.8 Å². The molecule has 37 heavy (non-hydrogen) atoms. The van der Waals surface area contributed by atoms with Crippen molar-refractivity contribution in [3.05, 3.63) is 70.0 Å². The summed E-state index contributed by atoms with van der Waals surface area (Å²) >= 11 is 0. The number of carboxylic acid groups (broad SMARTS) is 2. The van der Waals surface area contributed by atoms with Crippen molar-refractivity contribution in [2.24, 2.45) is 0 Å². The largest absolute Gasteiger partial charge is 0.478 e. The molecule has 0 radical (unpaired) electrons. The highest BCUT2D eigenvalue weighted by Gasteiger charge is 2.23. The van der Waals surface area contributed by atoms with E-state index in [1.165, 1.54) is 0 Å². The number of carbonyl (C=O) groups is 2. The van der Waals surface area contributed by atoms with Crippen LogP contribution in [-0.2, 0) is 25.7 Å². The average molecular weight is 497 g/mol. The summed E-state index contributed by atoms with van der Waals surface area (Å²) in [6.07, 6.45) is 9.10. The van der Waals surface area contributed by atoms with Crippen molar-refractivity contribution >= 4 is 33.7 Å². The first-order valence-electron chi connectivity index (χ1n) is 13.0. The first kappa shape index (κ1) is 23.4. The summed E-state index contributed by atoms with van der Waals surface area (Å²) in [6, 6.07) is 10.6. The average Bonchev–Trinajstić information content (AvgIpc) is 3.25. The topological polar surface area (TPSA) is 110 Å². The van der Waals surface area contributed by atoms with Gasteiger partial charge in [-0.25, -0.2) is 9.59 Å². The fraction of sp³-hybridized carbons (Fsp3) is 0.333. The molecule has 4 aromatic rings. The Labute approximate surface area is 214 Å². The maximum Gasteiger partial charge on any atom is 0.336 e. The summed E-state index contributed by atoms with van der Waals surface area (Å²) in [5.41, 5.74) is 5.35. The minimum atomic E-state index is -0.953. The van der Waals surface area contributed by atoms with E-state index in [4.69, 9.17) is 14.7 Å². The quantitative estimate of drug-likeness (QED) is 0.310. The van der Waals surface area contributed by atoms with Crippen LogP contribution in [0.15, 0.2) is 36.4 Å². The zero-order valence-corrected chi connectivity index (χ0v) is 20.5. The van der Waals surface area contributed by atoms with Crippen LogP contribution in [0.5, 0.6) is 11.5 Å². The number of aryl methyl sites for hydroxylation is 2. The predicted molar refractivity (Wildman–Crippen MR) is 140 cm³/mol. The van der Waals surface area contributed by atoms with Gasteiger partial charge in [-0.15, -0.1) is 0 Å². The number of benzene rings is 2. The first-order chi connectivity index (χ1) is 18.0. The van der Waals surface area contributed by atoms with E-state index < -0.39 is 11.9 Å². The molecule has 0 unspecified atom stereocenters. The molecule has 2 aliphatic carbocycles. The molecule has 0 saturated carbocycles. The molecular formula is C30H28N2O5. The Kier molecular flexibility index (Phi) is 5.99. The monoisotopic (exact) mass is 496 g/mol. The third-order valence-electron chi connectivity index (χ3n) is 7.63. The third-order valence-corrected chi connectivity index (χ3v) is 7.63. The SMILES string of the molecule is O=C(O)c1c2c(nc3ccc(Oc4ccc5nc6c(c(C(=O)O)c5c4)CCCCC6)cc13)CCCCC2. The Hall–Kier alpha value is -4.00. The van der Waals surface area contributed by atoms with Crippen LogP contribution >= 0.6 is 0 Å². The van der Waals surface area contributed by atoms with Gasteiger partial charge in [0, 0.05) is 22.2 Å². The molecule has 0 bridgehead atoms. The van der Waals surface area contributed by atoms with Gasteiger partial charge in [-0.2, -0.15) is 0 Å². The number of aromatic nitrogens is 2. The second kappa shape index (κ2) is 9.47. The highest BCUT2D eigenvalue weighted by Crippen LogP contribution is 2.35. The van der Waals surface area contributed by atoms with Gasteiger partial charge < -0.3 is 14.9 Å². The summed E-state index contributed by atoms with van der Waals surface area (Å²) in [5, 5.41) is 21.3. The summed E-state index contributed by atoms with van der Waals surface area (Å²) < 4.78 is 6.16. The van der Waals surface area contributed by atoms with Crippen molar-refractivity contribution < 1.29 is 24.5 Å². The number of carboxylic acids is 2. The number of fused-ring (bicyclic) bond motifs is 4. The van der Waals surface area contributed by atoms with E-state index in [1.807, 2.05) is 0 Å². The molecule has 2 N–H and O–H groups in total. The molecule has 2 heterocycles. The minimum absolute atomic E-state index is 0.311. The maximum absolute atomic E-state index is 12.3. The van der Waals surface area contributed by atoms with E-state index >= 15 is 0 Å². The van der Waals surface area contributed by atoms with Crippen molar-refractivity contribution in [1.29, 1.82) is 0 Å². The van der Waals surface area contributed by atoms with E-state index in [-0.39, 0.29) is 0 Å². The normalized spacial score (nSPS) is 15.5. The maximum atomic E-state index is 12.3. The molecule has 188 valence electrons. The molecule has 0 atom stereocenters. The molecule has 7 nitrogen and oxygen atoms in total. The smallest absolute Gasteiger partial charge is 0.336 e. The molecule has 2 aromatic heterocycles. The van der Waals surface area contributed by atoms with Crippen LogP contribution in [0.4, 0.5) is 0 Å². The van der Waals surface area contributed by atoms with Crippen LogP contribution < -0.4 is 4.74 Å². The van der Waals surface area contributed by atoms with Crippen molar-refractivity contribution in [3.8, 4) is 11.5 Å². The summed E-state index contributed by atoms with van der Waals surface area (Å²) in [4.78, 5) is 34.2. The van der Waals surface area contributed by atoms with Crippen LogP contribution in [-0.4, -0.2) is 32.1 Å². The van der Waals surface area contributed by atoms with Gasteiger partial charge in [0.2, 0.25) is 0 Å². The lowest BCUT2D eigenvalue weighted by Crippen LogP contribution is -2.09. The number of rotatable bonds is 4.